The largest absolute Gasteiger partial charge is 0.332 e. The molecule has 1 amide bonds. The maximum Gasteiger partial charge on any atom is 0.250 e. The van der Waals surface area contributed by atoms with Crippen LogP contribution < -0.4 is 0 Å². The molecule has 3 aliphatic rings. The second kappa shape index (κ2) is 5.88. The summed E-state index contributed by atoms with van der Waals surface area (Å²) in [4.78, 5) is 17.7. The summed E-state index contributed by atoms with van der Waals surface area (Å²) in [6.45, 7) is 4.01. The number of benzene rings is 1. The lowest BCUT2D eigenvalue weighted by atomic mass is 9.86. The average Bonchev–Trinajstić information content (AvgIpc) is 3.38. The van der Waals surface area contributed by atoms with Crippen LogP contribution in [0.1, 0.15) is 31.2 Å². The second-order valence-corrected chi connectivity index (χ2v) is 6.91. The molecule has 1 saturated carbocycles. The van der Waals surface area contributed by atoms with Crippen molar-refractivity contribution in [2.75, 3.05) is 19.6 Å². The molecule has 4 rings (SSSR count). The van der Waals surface area contributed by atoms with Crippen LogP contribution in [0.4, 0.5) is 0 Å². The fourth-order valence-corrected chi connectivity index (χ4v) is 3.83. The van der Waals surface area contributed by atoms with Gasteiger partial charge in [0.2, 0.25) is 5.91 Å². The lowest BCUT2D eigenvalue weighted by Gasteiger charge is -2.38. The summed E-state index contributed by atoms with van der Waals surface area (Å²) in [5.41, 5.74) is 2.34. The summed E-state index contributed by atoms with van der Waals surface area (Å²) in [6.07, 6.45) is 6.96. The molecule has 2 unspecified atom stereocenters. The minimum absolute atomic E-state index is 0.304. The zero-order valence-electron chi connectivity index (χ0n) is 13.1. The van der Waals surface area contributed by atoms with E-state index in [0.29, 0.717) is 17.9 Å². The topological polar surface area (TPSA) is 23.6 Å². The van der Waals surface area contributed by atoms with Crippen LogP contribution in [-0.4, -0.2) is 41.4 Å². The van der Waals surface area contributed by atoms with Gasteiger partial charge in [-0.15, -0.1) is 0 Å². The number of nitrogens with zero attached hydrogens (tertiary/aromatic N) is 2. The van der Waals surface area contributed by atoms with E-state index in [0.717, 1.165) is 25.2 Å². The first kappa shape index (κ1) is 14.0. The molecule has 0 spiro atoms. The minimum atomic E-state index is 0.304. The maximum atomic E-state index is 13.1. The van der Waals surface area contributed by atoms with Crippen LogP contribution in [0.25, 0.3) is 0 Å². The number of carbonyl (C=O) groups is 1. The molecule has 0 aromatic heterocycles. The molecule has 2 atom stereocenters. The van der Waals surface area contributed by atoms with Gasteiger partial charge < -0.3 is 4.90 Å². The van der Waals surface area contributed by atoms with E-state index in [4.69, 9.17) is 0 Å². The summed E-state index contributed by atoms with van der Waals surface area (Å²) in [5.74, 6) is 0.768. The van der Waals surface area contributed by atoms with Gasteiger partial charge in [0.15, 0.2) is 0 Å². The van der Waals surface area contributed by atoms with Crippen LogP contribution >= 0.6 is 0 Å². The van der Waals surface area contributed by atoms with E-state index >= 15 is 0 Å². The van der Waals surface area contributed by atoms with Gasteiger partial charge in [-0.05, 0) is 37.8 Å². The predicted octanol–water partition coefficient (Wildman–Crippen LogP) is 2.83. The number of rotatable bonds is 4. The van der Waals surface area contributed by atoms with Crippen molar-refractivity contribution >= 4 is 5.91 Å². The normalized spacial score (nSPS) is 27.2. The standard InChI is InChI=1S/C19H24N2O/c22-19(18-10-12-20-11-4-7-16(18)14-20)21(17-8-9-17)13-15-5-2-1-3-6-15/h1-3,5-6,10,16-17H,4,7-9,11-14H2. The van der Waals surface area contributed by atoms with Gasteiger partial charge >= 0.3 is 0 Å². The zero-order chi connectivity index (χ0) is 14.9. The molecule has 3 heteroatoms. The Labute approximate surface area is 132 Å². The van der Waals surface area contributed by atoms with Crippen molar-refractivity contribution in [1.82, 2.24) is 9.80 Å². The Hall–Kier alpha value is -1.61. The van der Waals surface area contributed by atoms with E-state index in [1.165, 1.54) is 37.8 Å². The Bertz CT molecular complexity index is 576. The van der Waals surface area contributed by atoms with Crippen LogP contribution in [0, 0.1) is 5.92 Å². The van der Waals surface area contributed by atoms with Crippen LogP contribution in [0.5, 0.6) is 0 Å². The summed E-state index contributed by atoms with van der Waals surface area (Å²) >= 11 is 0. The van der Waals surface area contributed by atoms with Crippen LogP contribution in [0.2, 0.25) is 0 Å². The molecule has 116 valence electrons. The third-order valence-corrected chi connectivity index (χ3v) is 5.21. The van der Waals surface area contributed by atoms with Gasteiger partial charge in [-0.1, -0.05) is 36.4 Å². The first-order valence-corrected chi connectivity index (χ1v) is 8.58. The van der Waals surface area contributed by atoms with Crippen LogP contribution in [0.3, 0.4) is 0 Å². The molecule has 1 aromatic rings. The van der Waals surface area contributed by atoms with Crippen molar-refractivity contribution in [2.24, 2.45) is 5.92 Å². The van der Waals surface area contributed by atoms with Gasteiger partial charge in [0.1, 0.15) is 0 Å². The highest BCUT2D eigenvalue weighted by Gasteiger charge is 2.37. The third-order valence-electron chi connectivity index (χ3n) is 5.21. The van der Waals surface area contributed by atoms with Crippen molar-refractivity contribution < 1.29 is 4.79 Å². The van der Waals surface area contributed by atoms with Gasteiger partial charge in [-0.25, -0.2) is 0 Å². The van der Waals surface area contributed by atoms with Crippen molar-refractivity contribution in [3.05, 3.63) is 47.5 Å². The average molecular weight is 296 g/mol. The monoisotopic (exact) mass is 296 g/mol. The van der Waals surface area contributed by atoms with Gasteiger partial charge in [0.05, 0.1) is 0 Å². The molecule has 2 bridgehead atoms. The molecule has 0 radical (unpaired) electrons. The number of fused-ring (bicyclic) bond motifs is 2. The smallest absolute Gasteiger partial charge is 0.250 e. The first-order valence-electron chi connectivity index (χ1n) is 8.58. The summed E-state index contributed by atoms with van der Waals surface area (Å²) in [5, 5.41) is 0. The van der Waals surface area contributed by atoms with Crippen molar-refractivity contribution in [3.8, 4) is 0 Å². The molecular weight excluding hydrogens is 272 g/mol. The zero-order valence-corrected chi connectivity index (χ0v) is 13.1. The Morgan fingerprint density at radius 2 is 2.00 bits per heavy atom. The summed E-state index contributed by atoms with van der Waals surface area (Å²) in [7, 11) is 0. The first-order chi connectivity index (χ1) is 10.8. The van der Waals surface area contributed by atoms with E-state index in [2.05, 4.69) is 40.1 Å². The molecule has 1 saturated heterocycles. The van der Waals surface area contributed by atoms with Crippen molar-refractivity contribution in [3.63, 3.8) is 0 Å². The second-order valence-electron chi connectivity index (χ2n) is 6.91. The maximum absolute atomic E-state index is 13.1. The van der Waals surface area contributed by atoms with Crippen LogP contribution in [0.15, 0.2) is 42.0 Å². The quantitative estimate of drug-likeness (QED) is 0.853. The van der Waals surface area contributed by atoms with Crippen LogP contribution in [-0.2, 0) is 11.3 Å². The fraction of sp³-hybridized carbons (Fsp3) is 0.526. The van der Waals surface area contributed by atoms with E-state index in [-0.39, 0.29) is 0 Å². The molecule has 2 heterocycles. The number of carbonyl (C=O) groups excluding carboxylic acids is 1. The summed E-state index contributed by atoms with van der Waals surface area (Å²) in [6, 6.07) is 10.9. The number of piperidine rings is 1. The van der Waals surface area contributed by atoms with Gasteiger partial charge in [0, 0.05) is 37.2 Å². The van der Waals surface area contributed by atoms with Gasteiger partial charge in [-0.2, -0.15) is 0 Å². The Morgan fingerprint density at radius 3 is 2.77 bits per heavy atom. The molecule has 2 aliphatic heterocycles. The molecule has 22 heavy (non-hydrogen) atoms. The summed E-state index contributed by atoms with van der Waals surface area (Å²) < 4.78 is 0. The Balaban J connectivity index is 1.53. The van der Waals surface area contributed by atoms with Crippen molar-refractivity contribution in [2.45, 2.75) is 38.3 Å². The molecular formula is C19H24N2O. The number of amides is 1. The lowest BCUT2D eigenvalue weighted by Crippen LogP contribution is -2.44. The molecule has 3 nitrogen and oxygen atoms in total. The Kier molecular flexibility index (Phi) is 3.75. The lowest BCUT2D eigenvalue weighted by molar-refractivity contribution is -0.129. The van der Waals surface area contributed by atoms with E-state index < -0.39 is 0 Å². The highest BCUT2D eigenvalue weighted by Crippen LogP contribution is 2.34. The molecule has 2 fully saturated rings. The highest BCUT2D eigenvalue weighted by molar-refractivity contribution is 5.94. The SMILES string of the molecule is O=C(C1=CCN2CCCC1C2)N(Cc1ccccc1)C1CC1. The highest BCUT2D eigenvalue weighted by atomic mass is 16.2. The van der Waals surface area contributed by atoms with Crippen molar-refractivity contribution in [1.29, 1.82) is 0 Å². The predicted molar refractivity (Wildman–Crippen MR) is 87.3 cm³/mol. The molecule has 1 aliphatic carbocycles. The molecule has 0 N–H and O–H groups in total. The Morgan fingerprint density at radius 1 is 1.18 bits per heavy atom. The third kappa shape index (κ3) is 2.82. The number of hydrogen-bond acceptors (Lipinski definition) is 2. The number of hydrogen-bond donors (Lipinski definition) is 0. The van der Waals surface area contributed by atoms with E-state index in [9.17, 15) is 4.79 Å². The molecule has 1 aromatic carbocycles. The fourth-order valence-electron chi connectivity index (χ4n) is 3.83. The van der Waals surface area contributed by atoms with E-state index in [1.807, 2.05) is 6.07 Å². The minimum Gasteiger partial charge on any atom is -0.332 e. The van der Waals surface area contributed by atoms with Gasteiger partial charge in [-0.3, -0.25) is 9.69 Å². The van der Waals surface area contributed by atoms with E-state index in [1.54, 1.807) is 0 Å². The van der Waals surface area contributed by atoms with Gasteiger partial charge in [0.25, 0.3) is 0 Å².